The molecule has 2 aliphatic heterocycles. The number of ether oxygens (including phenoxy) is 3. The average Bonchev–Trinajstić information content (AvgIpc) is 3.20. The Hall–Kier alpha value is -1.33. The van der Waals surface area contributed by atoms with E-state index in [0.717, 1.165) is 24.8 Å². The second-order valence-electron chi connectivity index (χ2n) is 11.4. The smallest absolute Gasteiger partial charge is 0.334 e. The van der Waals surface area contributed by atoms with Gasteiger partial charge in [-0.05, 0) is 67.3 Å². The van der Waals surface area contributed by atoms with E-state index in [0.29, 0.717) is 31.4 Å². The lowest BCUT2D eigenvalue weighted by molar-refractivity contribution is -0.310. The number of carbonyl (C=O) groups is 1. The van der Waals surface area contributed by atoms with Crippen LogP contribution >= 0.6 is 0 Å². The molecule has 0 aromatic heterocycles. The Morgan fingerprint density at radius 3 is 2.54 bits per heavy atom. The minimum Gasteiger partial charge on any atom is -0.458 e. The Labute approximate surface area is 206 Å². The standard InChI is InChI=1S/C26H40O9/c1-14-4-7-19-25(2,13-34-24-22(31)21(30)20(29)18(12-27)35-24)10-16(28)11-26(19,3)17(14)6-5-15-8-9-33-23(15)32/h8,16-22,24,27-31H,1,4-7,9-13H2,2-3H3. The van der Waals surface area contributed by atoms with Crippen molar-refractivity contribution in [3.63, 3.8) is 0 Å². The lowest BCUT2D eigenvalue weighted by atomic mass is 9.46. The summed E-state index contributed by atoms with van der Waals surface area (Å²) in [7, 11) is 0. The molecule has 35 heavy (non-hydrogen) atoms. The Bertz CT molecular complexity index is 841. The second kappa shape index (κ2) is 10.2. The zero-order valence-electron chi connectivity index (χ0n) is 20.6. The van der Waals surface area contributed by atoms with Crippen molar-refractivity contribution in [3.8, 4) is 0 Å². The number of hydrogen-bond acceptors (Lipinski definition) is 9. The highest BCUT2D eigenvalue weighted by Crippen LogP contribution is 2.62. The minimum absolute atomic E-state index is 0.122. The summed E-state index contributed by atoms with van der Waals surface area (Å²) in [6.45, 7) is 8.60. The first-order chi connectivity index (χ1) is 16.5. The molecule has 4 rings (SSSR count). The van der Waals surface area contributed by atoms with Gasteiger partial charge in [0, 0.05) is 5.57 Å². The van der Waals surface area contributed by atoms with Gasteiger partial charge < -0.3 is 39.7 Å². The molecule has 1 saturated heterocycles. The maximum absolute atomic E-state index is 11.9. The molecule has 4 aliphatic rings. The van der Waals surface area contributed by atoms with Crippen molar-refractivity contribution in [1.29, 1.82) is 0 Å². The molecule has 0 radical (unpaired) electrons. The lowest BCUT2D eigenvalue weighted by Crippen LogP contribution is -2.60. The molecule has 10 atom stereocenters. The molecule has 5 N–H and O–H groups in total. The third-order valence-corrected chi connectivity index (χ3v) is 8.99. The SMILES string of the molecule is C=C1CCC2C(C)(COC3OC(CO)C(O)C(O)C3O)CC(O)CC2(C)C1CCC1=CCOC1=O. The zero-order valence-corrected chi connectivity index (χ0v) is 20.6. The summed E-state index contributed by atoms with van der Waals surface area (Å²) in [6.07, 6.45) is -1.13. The number of aliphatic hydroxyl groups is 5. The summed E-state index contributed by atoms with van der Waals surface area (Å²) in [5, 5.41) is 51.0. The van der Waals surface area contributed by atoms with E-state index in [2.05, 4.69) is 20.4 Å². The van der Waals surface area contributed by atoms with Gasteiger partial charge in [0.2, 0.25) is 0 Å². The van der Waals surface area contributed by atoms with Crippen LogP contribution in [0.1, 0.15) is 52.4 Å². The first-order valence-electron chi connectivity index (χ1n) is 12.6. The van der Waals surface area contributed by atoms with E-state index in [9.17, 15) is 30.3 Å². The fraction of sp³-hybridized carbons (Fsp3) is 0.808. The van der Waals surface area contributed by atoms with Gasteiger partial charge in [0.15, 0.2) is 6.29 Å². The number of carbonyl (C=O) groups excluding carboxylic acids is 1. The Kier molecular flexibility index (Phi) is 7.79. The van der Waals surface area contributed by atoms with Crippen LogP contribution in [-0.4, -0.2) is 88.1 Å². The third kappa shape index (κ3) is 4.97. The maximum Gasteiger partial charge on any atom is 0.334 e. The monoisotopic (exact) mass is 496 g/mol. The molecule has 2 heterocycles. The summed E-state index contributed by atoms with van der Waals surface area (Å²) >= 11 is 0. The molecule has 10 unspecified atom stereocenters. The van der Waals surface area contributed by atoms with Gasteiger partial charge in [-0.15, -0.1) is 0 Å². The number of allylic oxidation sites excluding steroid dienone is 1. The van der Waals surface area contributed by atoms with Crippen molar-refractivity contribution in [2.24, 2.45) is 22.7 Å². The Morgan fingerprint density at radius 1 is 1.14 bits per heavy atom. The van der Waals surface area contributed by atoms with E-state index >= 15 is 0 Å². The number of aliphatic hydroxyl groups excluding tert-OH is 5. The molecule has 0 aromatic rings. The van der Waals surface area contributed by atoms with Gasteiger partial charge in [0.1, 0.15) is 31.0 Å². The first-order valence-corrected chi connectivity index (χ1v) is 12.6. The summed E-state index contributed by atoms with van der Waals surface area (Å²) in [4.78, 5) is 11.9. The van der Waals surface area contributed by atoms with E-state index in [1.165, 1.54) is 0 Å². The van der Waals surface area contributed by atoms with Crippen molar-refractivity contribution in [1.82, 2.24) is 0 Å². The number of esters is 1. The summed E-state index contributed by atoms with van der Waals surface area (Å²) < 4.78 is 16.6. The molecule has 3 fully saturated rings. The van der Waals surface area contributed by atoms with Crippen LogP contribution in [0.2, 0.25) is 0 Å². The molecule has 9 heteroatoms. The highest BCUT2D eigenvalue weighted by molar-refractivity contribution is 5.90. The van der Waals surface area contributed by atoms with Gasteiger partial charge in [-0.1, -0.05) is 26.0 Å². The van der Waals surface area contributed by atoms with E-state index in [1.807, 2.05) is 6.08 Å². The van der Waals surface area contributed by atoms with Crippen LogP contribution in [0.4, 0.5) is 0 Å². The highest BCUT2D eigenvalue weighted by Gasteiger charge is 2.57. The summed E-state index contributed by atoms with van der Waals surface area (Å²) in [6, 6.07) is 0. The molecule has 9 nitrogen and oxygen atoms in total. The van der Waals surface area contributed by atoms with Gasteiger partial charge in [0.05, 0.1) is 19.3 Å². The van der Waals surface area contributed by atoms with Crippen molar-refractivity contribution >= 4 is 5.97 Å². The number of fused-ring (bicyclic) bond motifs is 1. The Balaban J connectivity index is 1.50. The molecule has 0 aromatic carbocycles. The van der Waals surface area contributed by atoms with Gasteiger partial charge in [-0.25, -0.2) is 4.79 Å². The van der Waals surface area contributed by atoms with Crippen LogP contribution in [0.3, 0.4) is 0 Å². The molecule has 0 amide bonds. The maximum atomic E-state index is 11.9. The zero-order chi connectivity index (χ0) is 25.5. The van der Waals surface area contributed by atoms with E-state index in [-0.39, 0.29) is 29.8 Å². The minimum atomic E-state index is -1.50. The summed E-state index contributed by atoms with van der Waals surface area (Å²) in [5.41, 5.74) is 1.13. The molecule has 198 valence electrons. The molecule has 0 bridgehead atoms. The van der Waals surface area contributed by atoms with Gasteiger partial charge in [0.25, 0.3) is 0 Å². The van der Waals surface area contributed by atoms with Crippen molar-refractivity contribution in [2.45, 2.75) is 89.2 Å². The van der Waals surface area contributed by atoms with E-state index in [1.54, 1.807) is 0 Å². The number of cyclic esters (lactones) is 1. The predicted molar refractivity (Wildman–Crippen MR) is 125 cm³/mol. The van der Waals surface area contributed by atoms with Crippen molar-refractivity contribution < 1.29 is 44.5 Å². The fourth-order valence-corrected chi connectivity index (χ4v) is 7.30. The van der Waals surface area contributed by atoms with Crippen LogP contribution < -0.4 is 0 Å². The molecular formula is C26H40O9. The normalized spacial score (nSPS) is 46.2. The number of hydrogen-bond donors (Lipinski definition) is 5. The van der Waals surface area contributed by atoms with Crippen LogP contribution in [0.25, 0.3) is 0 Å². The molecule has 2 saturated carbocycles. The predicted octanol–water partition coefficient (Wildman–Crippen LogP) is 0.816. The van der Waals surface area contributed by atoms with Gasteiger partial charge in [-0.2, -0.15) is 0 Å². The van der Waals surface area contributed by atoms with Crippen LogP contribution in [0, 0.1) is 22.7 Å². The number of rotatable bonds is 7. The largest absolute Gasteiger partial charge is 0.458 e. The Morgan fingerprint density at radius 2 is 1.89 bits per heavy atom. The second-order valence-corrected chi connectivity index (χ2v) is 11.4. The van der Waals surface area contributed by atoms with Crippen LogP contribution in [0.15, 0.2) is 23.8 Å². The first kappa shape index (κ1) is 26.7. The van der Waals surface area contributed by atoms with E-state index in [4.69, 9.17) is 14.2 Å². The van der Waals surface area contributed by atoms with Gasteiger partial charge in [-0.3, -0.25) is 0 Å². The third-order valence-electron chi connectivity index (χ3n) is 8.99. The van der Waals surface area contributed by atoms with E-state index < -0.39 is 48.8 Å². The van der Waals surface area contributed by atoms with Crippen molar-refractivity contribution in [2.75, 3.05) is 19.8 Å². The molecular weight excluding hydrogens is 456 g/mol. The lowest BCUT2D eigenvalue weighted by Gasteiger charge is -2.60. The average molecular weight is 497 g/mol. The van der Waals surface area contributed by atoms with Crippen LogP contribution in [0.5, 0.6) is 0 Å². The topological polar surface area (TPSA) is 146 Å². The highest BCUT2D eigenvalue weighted by atomic mass is 16.7. The van der Waals surface area contributed by atoms with Crippen molar-refractivity contribution in [3.05, 3.63) is 23.8 Å². The van der Waals surface area contributed by atoms with Crippen LogP contribution in [-0.2, 0) is 19.0 Å². The molecule has 2 aliphatic carbocycles. The molecule has 0 spiro atoms. The summed E-state index contributed by atoms with van der Waals surface area (Å²) in [5.74, 6) is 0.0509. The fourth-order valence-electron chi connectivity index (χ4n) is 7.30. The quantitative estimate of drug-likeness (QED) is 0.255. The van der Waals surface area contributed by atoms with Gasteiger partial charge >= 0.3 is 5.97 Å².